The molecule has 6 nitrogen and oxygen atoms in total. The lowest BCUT2D eigenvalue weighted by atomic mass is 9.70. The molecule has 0 aliphatic carbocycles. The van der Waals surface area contributed by atoms with Gasteiger partial charge in [0.15, 0.2) is 0 Å². The van der Waals surface area contributed by atoms with Crippen LogP contribution >= 0.6 is 0 Å². The zero-order chi connectivity index (χ0) is 23.3. The lowest BCUT2D eigenvalue weighted by Crippen LogP contribution is -2.49. The topological polar surface area (TPSA) is 69.7 Å². The minimum atomic E-state index is -3.22. The standard InChI is InChI=1S/C26H35N3O3S/c1-33(31,32)29-19-23-15-18-28(17-14-22-9-4-2-5-10-22)20-26(23,21-29)16-8-13-25(30)27-24-11-6-3-7-12-24/h2-7,9-12,23H,8,13-21H2,1H3,(H,27,30). The van der Waals surface area contributed by atoms with E-state index in [4.69, 9.17) is 0 Å². The second-order valence-electron chi connectivity index (χ2n) is 9.68. The first kappa shape index (κ1) is 23.9. The quantitative estimate of drug-likeness (QED) is 0.609. The Bertz CT molecular complexity index is 1030. The van der Waals surface area contributed by atoms with Crippen molar-refractivity contribution in [1.29, 1.82) is 0 Å². The summed E-state index contributed by atoms with van der Waals surface area (Å²) in [6.45, 7) is 4.06. The van der Waals surface area contributed by atoms with Crippen molar-refractivity contribution in [3.05, 3.63) is 66.2 Å². The normalized spacial score (nSPS) is 23.8. The predicted octanol–water partition coefficient (Wildman–Crippen LogP) is 3.62. The molecular weight excluding hydrogens is 434 g/mol. The summed E-state index contributed by atoms with van der Waals surface area (Å²) in [5.74, 6) is 0.376. The second kappa shape index (κ2) is 10.4. The molecule has 2 atom stereocenters. The number of sulfonamides is 1. The average Bonchev–Trinajstić information content (AvgIpc) is 3.18. The van der Waals surface area contributed by atoms with Crippen LogP contribution in [-0.4, -0.2) is 62.5 Å². The van der Waals surface area contributed by atoms with E-state index in [0.717, 1.165) is 51.0 Å². The molecule has 0 aromatic heterocycles. The Balaban J connectivity index is 1.39. The summed E-state index contributed by atoms with van der Waals surface area (Å²) >= 11 is 0. The molecule has 2 heterocycles. The largest absolute Gasteiger partial charge is 0.326 e. The number of nitrogens with zero attached hydrogens (tertiary/aromatic N) is 2. The number of carbonyl (C=O) groups excluding carboxylic acids is 1. The molecule has 2 fully saturated rings. The van der Waals surface area contributed by atoms with E-state index in [-0.39, 0.29) is 11.3 Å². The van der Waals surface area contributed by atoms with Crippen LogP contribution < -0.4 is 5.32 Å². The number of likely N-dealkylation sites (tertiary alicyclic amines) is 1. The van der Waals surface area contributed by atoms with Crippen molar-refractivity contribution in [3.63, 3.8) is 0 Å². The molecule has 2 aromatic rings. The third-order valence-electron chi connectivity index (χ3n) is 7.28. The fourth-order valence-electron chi connectivity index (χ4n) is 5.51. The highest BCUT2D eigenvalue weighted by Gasteiger charge is 2.51. The van der Waals surface area contributed by atoms with Crippen molar-refractivity contribution >= 4 is 21.6 Å². The smallest absolute Gasteiger partial charge is 0.224 e. The monoisotopic (exact) mass is 469 g/mol. The van der Waals surface area contributed by atoms with Crippen LogP contribution in [0.3, 0.4) is 0 Å². The predicted molar refractivity (Wildman–Crippen MR) is 132 cm³/mol. The van der Waals surface area contributed by atoms with Crippen molar-refractivity contribution in [2.24, 2.45) is 11.3 Å². The minimum Gasteiger partial charge on any atom is -0.326 e. The lowest BCUT2D eigenvalue weighted by molar-refractivity contribution is -0.116. The SMILES string of the molecule is CS(=O)(=O)N1CC2CCN(CCc3ccccc3)CC2(CCCC(=O)Nc2ccccc2)C1. The highest BCUT2D eigenvalue weighted by Crippen LogP contribution is 2.46. The van der Waals surface area contributed by atoms with Gasteiger partial charge in [-0.25, -0.2) is 12.7 Å². The highest BCUT2D eigenvalue weighted by molar-refractivity contribution is 7.88. The van der Waals surface area contributed by atoms with Gasteiger partial charge in [0.25, 0.3) is 0 Å². The van der Waals surface area contributed by atoms with Crippen LogP contribution in [0.1, 0.15) is 31.2 Å². The summed E-state index contributed by atoms with van der Waals surface area (Å²) in [5, 5.41) is 2.96. The minimum absolute atomic E-state index is 0.0175. The molecule has 0 bridgehead atoms. The number of fused-ring (bicyclic) bond motifs is 1. The molecule has 0 saturated carbocycles. The number of nitrogens with one attached hydrogen (secondary N) is 1. The van der Waals surface area contributed by atoms with Gasteiger partial charge < -0.3 is 10.2 Å². The van der Waals surface area contributed by atoms with Crippen molar-refractivity contribution in [1.82, 2.24) is 9.21 Å². The molecule has 7 heteroatoms. The Hall–Kier alpha value is -2.22. The van der Waals surface area contributed by atoms with E-state index >= 15 is 0 Å². The number of carbonyl (C=O) groups is 1. The number of benzene rings is 2. The van der Waals surface area contributed by atoms with E-state index in [0.29, 0.717) is 25.4 Å². The molecular formula is C26H35N3O3S. The van der Waals surface area contributed by atoms with Gasteiger partial charge >= 0.3 is 0 Å². The van der Waals surface area contributed by atoms with Gasteiger partial charge in [-0.15, -0.1) is 0 Å². The molecule has 2 aliphatic heterocycles. The number of para-hydroxylation sites is 1. The summed E-state index contributed by atoms with van der Waals surface area (Å²) in [6, 6.07) is 20.0. The Morgan fingerprint density at radius 1 is 1.06 bits per heavy atom. The van der Waals surface area contributed by atoms with Gasteiger partial charge in [0.1, 0.15) is 0 Å². The zero-order valence-corrected chi connectivity index (χ0v) is 20.3. The Morgan fingerprint density at radius 3 is 2.45 bits per heavy atom. The van der Waals surface area contributed by atoms with E-state index in [1.165, 1.54) is 11.8 Å². The molecule has 178 valence electrons. The molecule has 0 spiro atoms. The number of hydrogen-bond donors (Lipinski definition) is 1. The maximum Gasteiger partial charge on any atom is 0.224 e. The van der Waals surface area contributed by atoms with Crippen molar-refractivity contribution in [2.45, 2.75) is 32.1 Å². The fraction of sp³-hybridized carbons (Fsp3) is 0.500. The third-order valence-corrected chi connectivity index (χ3v) is 8.49. The van der Waals surface area contributed by atoms with Crippen LogP contribution in [0.25, 0.3) is 0 Å². The number of amides is 1. The van der Waals surface area contributed by atoms with Crippen LogP contribution in [0.5, 0.6) is 0 Å². The van der Waals surface area contributed by atoms with E-state index < -0.39 is 10.0 Å². The number of anilines is 1. The third kappa shape index (κ3) is 6.22. The zero-order valence-electron chi connectivity index (χ0n) is 19.4. The molecule has 2 saturated heterocycles. The van der Waals surface area contributed by atoms with E-state index in [1.807, 2.05) is 36.4 Å². The van der Waals surface area contributed by atoms with Crippen LogP contribution in [0.2, 0.25) is 0 Å². The first-order valence-electron chi connectivity index (χ1n) is 11.9. The summed E-state index contributed by atoms with van der Waals surface area (Å²) < 4.78 is 26.4. The Morgan fingerprint density at radius 2 is 1.76 bits per heavy atom. The first-order valence-corrected chi connectivity index (χ1v) is 13.8. The molecule has 2 unspecified atom stereocenters. The number of piperidine rings is 1. The molecule has 4 rings (SSSR count). The second-order valence-corrected chi connectivity index (χ2v) is 11.7. The number of hydrogen-bond acceptors (Lipinski definition) is 4. The summed E-state index contributed by atoms with van der Waals surface area (Å²) in [4.78, 5) is 15.0. The van der Waals surface area contributed by atoms with Gasteiger partial charge in [0.05, 0.1) is 6.26 Å². The highest BCUT2D eigenvalue weighted by atomic mass is 32.2. The number of rotatable bonds is 9. The maximum atomic E-state index is 12.5. The molecule has 2 aromatic carbocycles. The van der Waals surface area contributed by atoms with Crippen molar-refractivity contribution in [3.8, 4) is 0 Å². The molecule has 1 amide bonds. The van der Waals surface area contributed by atoms with Crippen molar-refractivity contribution in [2.75, 3.05) is 44.3 Å². The van der Waals surface area contributed by atoms with Crippen molar-refractivity contribution < 1.29 is 13.2 Å². The van der Waals surface area contributed by atoms with Crippen LogP contribution in [0.4, 0.5) is 5.69 Å². The van der Waals surface area contributed by atoms with Gasteiger partial charge in [0, 0.05) is 43.7 Å². The summed E-state index contributed by atoms with van der Waals surface area (Å²) in [5.41, 5.74) is 2.06. The van der Waals surface area contributed by atoms with E-state index in [1.54, 1.807) is 4.31 Å². The van der Waals surface area contributed by atoms with Crippen LogP contribution in [0, 0.1) is 11.3 Å². The summed E-state index contributed by atoms with van der Waals surface area (Å²) in [7, 11) is -3.22. The summed E-state index contributed by atoms with van der Waals surface area (Å²) in [6.07, 6.45) is 5.41. The fourth-order valence-corrected chi connectivity index (χ4v) is 6.45. The molecule has 1 N–H and O–H groups in total. The van der Waals surface area contributed by atoms with Gasteiger partial charge in [-0.1, -0.05) is 48.5 Å². The van der Waals surface area contributed by atoms with E-state index in [9.17, 15) is 13.2 Å². The molecule has 2 aliphatic rings. The Labute approximate surface area is 198 Å². The first-order chi connectivity index (χ1) is 15.8. The molecule has 33 heavy (non-hydrogen) atoms. The van der Waals surface area contributed by atoms with Gasteiger partial charge in [-0.05, 0) is 55.8 Å². The maximum absolute atomic E-state index is 12.5. The van der Waals surface area contributed by atoms with Crippen LogP contribution in [-0.2, 0) is 21.2 Å². The van der Waals surface area contributed by atoms with Gasteiger partial charge in [0.2, 0.25) is 15.9 Å². The van der Waals surface area contributed by atoms with E-state index in [2.05, 4.69) is 34.5 Å². The van der Waals surface area contributed by atoms with Gasteiger partial charge in [-0.2, -0.15) is 0 Å². The average molecular weight is 470 g/mol. The van der Waals surface area contributed by atoms with Gasteiger partial charge in [-0.3, -0.25) is 4.79 Å². The molecule has 0 radical (unpaired) electrons. The lowest BCUT2D eigenvalue weighted by Gasteiger charge is -2.44. The Kier molecular flexibility index (Phi) is 7.51. The van der Waals surface area contributed by atoms with Crippen LogP contribution in [0.15, 0.2) is 60.7 Å².